The lowest BCUT2D eigenvalue weighted by Gasteiger charge is -2.10. The Balaban J connectivity index is 1.44. The molecular weight excluding hydrogens is 515 g/mol. The van der Waals surface area contributed by atoms with Gasteiger partial charge in [0.25, 0.3) is 11.8 Å². The maximum absolute atomic E-state index is 12.8. The van der Waals surface area contributed by atoms with E-state index in [0.717, 1.165) is 11.6 Å². The van der Waals surface area contributed by atoms with Gasteiger partial charge < -0.3 is 9.67 Å². The third-order valence-electron chi connectivity index (χ3n) is 4.97. The number of amides is 2. The van der Waals surface area contributed by atoms with Crippen LogP contribution in [0.15, 0.2) is 66.0 Å². The molecule has 2 aromatic carbocycles. The molecule has 4 rings (SSSR count). The van der Waals surface area contributed by atoms with Gasteiger partial charge in [-0.1, -0.05) is 29.8 Å². The van der Waals surface area contributed by atoms with Crippen molar-refractivity contribution in [3.05, 3.63) is 82.8 Å². The molecule has 10 nitrogen and oxygen atoms in total. The number of anilines is 1. The molecule has 2 aromatic heterocycles. The van der Waals surface area contributed by atoms with Gasteiger partial charge in [0, 0.05) is 34.4 Å². The number of carbonyl (C=O) groups is 2. The van der Waals surface area contributed by atoms with Gasteiger partial charge in [0.2, 0.25) is 5.95 Å². The van der Waals surface area contributed by atoms with Gasteiger partial charge in [-0.3, -0.25) is 20.4 Å². The molecule has 0 aliphatic rings. The van der Waals surface area contributed by atoms with Crippen molar-refractivity contribution in [2.24, 2.45) is 5.10 Å². The van der Waals surface area contributed by atoms with E-state index >= 15 is 0 Å². The highest BCUT2D eigenvalue weighted by atomic mass is 35.5. The van der Waals surface area contributed by atoms with Gasteiger partial charge in [-0.25, -0.2) is 15.4 Å². The molecule has 0 aliphatic carbocycles. The van der Waals surface area contributed by atoms with Crippen LogP contribution >= 0.6 is 11.6 Å². The zero-order valence-corrected chi connectivity index (χ0v) is 19.4. The van der Waals surface area contributed by atoms with E-state index in [1.165, 1.54) is 24.4 Å². The molecule has 37 heavy (non-hydrogen) atoms. The second-order valence-corrected chi connectivity index (χ2v) is 7.94. The van der Waals surface area contributed by atoms with Crippen LogP contribution in [0.25, 0.3) is 10.9 Å². The summed E-state index contributed by atoms with van der Waals surface area (Å²) in [5, 5.41) is 14.2. The molecule has 0 fully saturated rings. The van der Waals surface area contributed by atoms with Crippen LogP contribution < -0.4 is 16.3 Å². The molecule has 0 aliphatic heterocycles. The lowest BCUT2D eigenvalue weighted by molar-refractivity contribution is -0.141. The number of hydrogen-bond acceptors (Lipinski definition) is 7. The molecule has 0 saturated carbocycles. The van der Waals surface area contributed by atoms with E-state index in [9.17, 15) is 27.9 Å². The molecule has 0 saturated heterocycles. The molecule has 190 valence electrons. The summed E-state index contributed by atoms with van der Waals surface area (Å²) < 4.78 is 40.0. The highest BCUT2D eigenvalue weighted by Crippen LogP contribution is 2.27. The summed E-state index contributed by atoms with van der Waals surface area (Å²) in [5.74, 6) is -1.71. The fourth-order valence-corrected chi connectivity index (χ4v) is 3.46. The van der Waals surface area contributed by atoms with Crippen molar-refractivity contribution in [3.63, 3.8) is 0 Å². The largest absolute Gasteiger partial charge is 0.506 e. The van der Waals surface area contributed by atoms with Crippen molar-refractivity contribution >= 4 is 46.5 Å². The molecule has 4 N–H and O–H groups in total. The molecule has 0 unspecified atom stereocenters. The summed E-state index contributed by atoms with van der Waals surface area (Å²) in [6.45, 7) is -0.196. The number of phenolic OH excluding ortho intramolecular Hbond substituents is 1. The van der Waals surface area contributed by atoms with Crippen molar-refractivity contribution in [2.45, 2.75) is 12.7 Å². The standard InChI is InChI=1S/C23H17ClF3N7O3/c24-16-9-13(5-6-18(16)35)21(37)32-29-10-14-11-34(17-4-2-1-3-15(14)17)12-20(36)31-33-22-28-8-7-19(30-22)23(25,26)27/h1-11,35H,12H2,(H,31,36)(H,32,37)(H,28,30,33). The number of para-hydroxylation sites is 1. The normalized spacial score (nSPS) is 11.6. The van der Waals surface area contributed by atoms with Gasteiger partial charge in [-0.2, -0.15) is 18.3 Å². The van der Waals surface area contributed by atoms with E-state index in [1.807, 2.05) is 0 Å². The molecule has 0 bridgehead atoms. The Labute approximate surface area is 211 Å². The number of nitrogens with one attached hydrogen (secondary N) is 3. The zero-order valence-electron chi connectivity index (χ0n) is 18.6. The molecular formula is C23H17ClF3N7O3. The first-order valence-corrected chi connectivity index (χ1v) is 10.8. The summed E-state index contributed by atoms with van der Waals surface area (Å²) in [6, 6.07) is 11.8. The fraction of sp³-hybridized carbons (Fsp3) is 0.0870. The molecule has 2 amide bonds. The number of benzene rings is 2. The monoisotopic (exact) mass is 531 g/mol. The maximum atomic E-state index is 12.8. The van der Waals surface area contributed by atoms with Crippen molar-refractivity contribution in [1.82, 2.24) is 25.4 Å². The minimum absolute atomic E-state index is 0.0204. The number of alkyl halides is 3. The number of aromatic hydroxyl groups is 1. The van der Waals surface area contributed by atoms with E-state index in [0.29, 0.717) is 17.1 Å². The molecule has 2 heterocycles. The molecule has 0 spiro atoms. The summed E-state index contributed by atoms with van der Waals surface area (Å²) in [4.78, 5) is 31.7. The Morgan fingerprint density at radius 3 is 2.70 bits per heavy atom. The van der Waals surface area contributed by atoms with Crippen LogP contribution in [0.3, 0.4) is 0 Å². The Kier molecular flexibility index (Phi) is 7.25. The van der Waals surface area contributed by atoms with E-state index < -0.39 is 29.6 Å². The topological polar surface area (TPSA) is 134 Å². The number of hydrazine groups is 1. The molecule has 0 atom stereocenters. The minimum atomic E-state index is -4.65. The third kappa shape index (κ3) is 6.13. The SMILES string of the molecule is O=C(Cn1cc(C=NNC(=O)c2ccc(O)c(Cl)c2)c2ccccc21)NNc1nccc(C(F)(F)F)n1. The van der Waals surface area contributed by atoms with E-state index in [1.54, 1.807) is 35.0 Å². The number of carbonyl (C=O) groups excluding carboxylic acids is 2. The first kappa shape index (κ1) is 25.4. The van der Waals surface area contributed by atoms with Crippen molar-refractivity contribution in [2.75, 3.05) is 5.43 Å². The lowest BCUT2D eigenvalue weighted by atomic mass is 10.2. The van der Waals surface area contributed by atoms with Gasteiger partial charge in [-0.15, -0.1) is 0 Å². The quantitative estimate of drug-likeness (QED) is 0.212. The zero-order chi connectivity index (χ0) is 26.6. The Morgan fingerprint density at radius 2 is 1.95 bits per heavy atom. The van der Waals surface area contributed by atoms with E-state index in [2.05, 4.69) is 31.3 Å². The second kappa shape index (κ2) is 10.5. The summed E-state index contributed by atoms with van der Waals surface area (Å²) >= 11 is 5.82. The van der Waals surface area contributed by atoms with Gasteiger partial charge in [0.1, 0.15) is 18.0 Å². The van der Waals surface area contributed by atoms with Crippen LogP contribution in [0.2, 0.25) is 5.02 Å². The number of fused-ring (bicyclic) bond motifs is 1. The van der Waals surface area contributed by atoms with Crippen LogP contribution in [-0.4, -0.2) is 37.7 Å². The Hall–Kier alpha value is -4.65. The van der Waals surface area contributed by atoms with Crippen molar-refractivity contribution in [3.8, 4) is 5.75 Å². The number of hydrogen-bond donors (Lipinski definition) is 4. The van der Waals surface area contributed by atoms with Crippen molar-refractivity contribution in [1.29, 1.82) is 0 Å². The number of aromatic nitrogens is 3. The molecule has 14 heteroatoms. The number of phenols is 1. The predicted molar refractivity (Wildman–Crippen MR) is 129 cm³/mol. The summed E-state index contributed by atoms with van der Waals surface area (Å²) in [6.07, 6.45) is -0.712. The fourth-order valence-electron chi connectivity index (χ4n) is 3.28. The first-order chi connectivity index (χ1) is 17.6. The maximum Gasteiger partial charge on any atom is 0.433 e. The number of nitrogens with zero attached hydrogens (tertiary/aromatic N) is 4. The number of hydrazone groups is 1. The average molecular weight is 532 g/mol. The van der Waals surface area contributed by atoms with Crippen LogP contribution in [-0.2, 0) is 17.5 Å². The number of rotatable bonds is 7. The average Bonchev–Trinajstić information content (AvgIpc) is 3.21. The van der Waals surface area contributed by atoms with Gasteiger partial charge in [0.05, 0.1) is 11.2 Å². The smallest absolute Gasteiger partial charge is 0.433 e. The Bertz CT molecular complexity index is 1500. The van der Waals surface area contributed by atoms with Crippen LogP contribution in [0, 0.1) is 0 Å². The van der Waals surface area contributed by atoms with Gasteiger partial charge in [-0.05, 0) is 30.3 Å². The van der Waals surface area contributed by atoms with Crippen LogP contribution in [0.1, 0.15) is 21.6 Å². The van der Waals surface area contributed by atoms with Crippen molar-refractivity contribution < 1.29 is 27.9 Å². The second-order valence-electron chi connectivity index (χ2n) is 7.53. The summed E-state index contributed by atoms with van der Waals surface area (Å²) in [5.41, 5.74) is 7.19. The van der Waals surface area contributed by atoms with E-state index in [-0.39, 0.29) is 22.9 Å². The van der Waals surface area contributed by atoms with Gasteiger partial charge in [0.15, 0.2) is 0 Å². The highest BCUT2D eigenvalue weighted by molar-refractivity contribution is 6.32. The van der Waals surface area contributed by atoms with Crippen LogP contribution in [0.4, 0.5) is 19.1 Å². The number of halogens is 4. The van der Waals surface area contributed by atoms with Gasteiger partial charge >= 0.3 is 6.18 Å². The molecule has 0 radical (unpaired) electrons. The molecule has 4 aromatic rings. The van der Waals surface area contributed by atoms with E-state index in [4.69, 9.17) is 11.6 Å². The predicted octanol–water partition coefficient (Wildman–Crippen LogP) is 3.72. The first-order valence-electron chi connectivity index (χ1n) is 10.5. The van der Waals surface area contributed by atoms with Crippen LogP contribution in [0.5, 0.6) is 5.75 Å². The highest BCUT2D eigenvalue weighted by Gasteiger charge is 2.32. The lowest BCUT2D eigenvalue weighted by Crippen LogP contribution is -2.33. The third-order valence-corrected chi connectivity index (χ3v) is 5.28. The summed E-state index contributed by atoms with van der Waals surface area (Å²) in [7, 11) is 0. The Morgan fingerprint density at radius 1 is 1.16 bits per heavy atom. The minimum Gasteiger partial charge on any atom is -0.506 e.